The third-order valence-electron chi connectivity index (χ3n) is 4.55. The average Bonchev–Trinajstić information content (AvgIpc) is 2.80. The van der Waals surface area contributed by atoms with Crippen LogP contribution in [0.5, 0.6) is 0 Å². The predicted molar refractivity (Wildman–Crippen MR) is 75.3 cm³/mol. The molecule has 3 rings (SSSR count). The minimum absolute atomic E-state index is 0.0428. The van der Waals surface area contributed by atoms with E-state index in [4.69, 9.17) is 0 Å². The van der Waals surface area contributed by atoms with E-state index in [0.717, 1.165) is 13.1 Å². The number of aromatic nitrogens is 1. The summed E-state index contributed by atoms with van der Waals surface area (Å²) in [6, 6.07) is 4.12. The van der Waals surface area contributed by atoms with Gasteiger partial charge in [-0.15, -0.1) is 0 Å². The molecule has 1 saturated heterocycles. The molecule has 0 bridgehead atoms. The second-order valence-electron chi connectivity index (χ2n) is 5.80. The number of nitrogens with one attached hydrogen (secondary N) is 1. The van der Waals surface area contributed by atoms with E-state index in [2.05, 4.69) is 15.2 Å². The van der Waals surface area contributed by atoms with Gasteiger partial charge in [0.25, 0.3) is 5.91 Å². The Morgan fingerprint density at radius 2 is 2.10 bits per heavy atom. The summed E-state index contributed by atoms with van der Waals surface area (Å²) in [6.07, 6.45) is 7.05. The molecule has 5 heteroatoms. The van der Waals surface area contributed by atoms with Gasteiger partial charge < -0.3 is 10.4 Å². The largest absolute Gasteiger partial charge is 0.396 e. The van der Waals surface area contributed by atoms with Gasteiger partial charge in [-0.2, -0.15) is 0 Å². The zero-order valence-corrected chi connectivity index (χ0v) is 11.5. The fourth-order valence-electron chi connectivity index (χ4n) is 3.06. The fraction of sp³-hybridized carbons (Fsp3) is 0.600. The molecule has 2 fully saturated rings. The van der Waals surface area contributed by atoms with Crippen molar-refractivity contribution < 1.29 is 9.90 Å². The van der Waals surface area contributed by atoms with Gasteiger partial charge in [0.05, 0.1) is 0 Å². The third-order valence-corrected chi connectivity index (χ3v) is 4.55. The Kier molecular flexibility index (Phi) is 3.98. The molecule has 0 radical (unpaired) electrons. The lowest BCUT2D eigenvalue weighted by molar-refractivity contribution is 0.0919. The van der Waals surface area contributed by atoms with E-state index in [1.807, 2.05) is 0 Å². The first-order chi connectivity index (χ1) is 9.78. The van der Waals surface area contributed by atoms with Gasteiger partial charge in [0, 0.05) is 55.7 Å². The smallest absolute Gasteiger partial charge is 0.251 e. The van der Waals surface area contributed by atoms with Crippen LogP contribution in [0.15, 0.2) is 24.5 Å². The monoisotopic (exact) mass is 275 g/mol. The number of nitrogens with zero attached hydrogens (tertiary/aromatic N) is 2. The van der Waals surface area contributed by atoms with Crippen molar-refractivity contribution in [3.8, 4) is 0 Å². The first-order valence-corrected chi connectivity index (χ1v) is 7.33. The van der Waals surface area contributed by atoms with Gasteiger partial charge in [-0.25, -0.2) is 0 Å². The number of pyridine rings is 1. The Labute approximate surface area is 119 Å². The summed E-state index contributed by atoms with van der Waals surface area (Å²) < 4.78 is 0. The molecule has 1 aromatic rings. The van der Waals surface area contributed by atoms with Crippen molar-refractivity contribution in [2.45, 2.75) is 31.3 Å². The summed E-state index contributed by atoms with van der Waals surface area (Å²) in [6.45, 7) is 1.87. The summed E-state index contributed by atoms with van der Waals surface area (Å²) in [7, 11) is 0. The van der Waals surface area contributed by atoms with Gasteiger partial charge in [0.15, 0.2) is 0 Å². The number of hydrogen-bond acceptors (Lipinski definition) is 4. The summed E-state index contributed by atoms with van der Waals surface area (Å²) in [4.78, 5) is 18.5. The van der Waals surface area contributed by atoms with E-state index >= 15 is 0 Å². The van der Waals surface area contributed by atoms with Crippen molar-refractivity contribution in [3.63, 3.8) is 0 Å². The second kappa shape index (κ2) is 5.89. The third kappa shape index (κ3) is 2.69. The summed E-state index contributed by atoms with van der Waals surface area (Å²) in [5, 5.41) is 12.6. The molecule has 1 aliphatic carbocycles. The molecule has 2 atom stereocenters. The molecule has 0 aromatic carbocycles. The molecule has 1 aromatic heterocycles. The number of rotatable bonds is 4. The van der Waals surface area contributed by atoms with Crippen LogP contribution in [0.4, 0.5) is 0 Å². The normalized spacial score (nSPS) is 27.2. The van der Waals surface area contributed by atoms with Crippen LogP contribution in [0.25, 0.3) is 0 Å². The molecule has 0 unspecified atom stereocenters. The number of carbonyl (C=O) groups excluding carboxylic acids is 1. The van der Waals surface area contributed by atoms with Gasteiger partial charge >= 0.3 is 0 Å². The zero-order valence-electron chi connectivity index (χ0n) is 11.5. The first-order valence-electron chi connectivity index (χ1n) is 7.33. The van der Waals surface area contributed by atoms with E-state index in [9.17, 15) is 9.90 Å². The maximum atomic E-state index is 12.2. The molecule has 1 aliphatic heterocycles. The maximum Gasteiger partial charge on any atom is 0.251 e. The Morgan fingerprint density at radius 3 is 2.70 bits per heavy atom. The van der Waals surface area contributed by atoms with Crippen molar-refractivity contribution in [1.82, 2.24) is 15.2 Å². The van der Waals surface area contributed by atoms with Crippen molar-refractivity contribution in [2.75, 3.05) is 19.7 Å². The second-order valence-corrected chi connectivity index (χ2v) is 5.80. The van der Waals surface area contributed by atoms with Crippen molar-refractivity contribution in [2.24, 2.45) is 5.92 Å². The SMILES string of the molecule is O=C(N[C@@H]1CN(C2CCC2)C[C@H]1CO)c1ccncc1. The predicted octanol–water partition coefficient (Wildman–Crippen LogP) is 0.657. The first kappa shape index (κ1) is 13.5. The zero-order chi connectivity index (χ0) is 13.9. The van der Waals surface area contributed by atoms with E-state index < -0.39 is 0 Å². The Balaban J connectivity index is 1.62. The van der Waals surface area contributed by atoms with Gasteiger partial charge in [-0.1, -0.05) is 6.42 Å². The fourth-order valence-corrected chi connectivity index (χ4v) is 3.06. The lowest BCUT2D eigenvalue weighted by Crippen LogP contribution is -2.43. The lowest BCUT2D eigenvalue weighted by Gasteiger charge is -2.34. The van der Waals surface area contributed by atoms with Gasteiger partial charge in [-0.05, 0) is 25.0 Å². The van der Waals surface area contributed by atoms with Crippen LogP contribution < -0.4 is 5.32 Å². The summed E-state index contributed by atoms with van der Waals surface area (Å²) in [5.74, 6) is 0.0627. The number of aliphatic hydroxyl groups excluding tert-OH is 1. The molecule has 20 heavy (non-hydrogen) atoms. The average molecular weight is 275 g/mol. The topological polar surface area (TPSA) is 65.5 Å². The van der Waals surface area contributed by atoms with Gasteiger partial charge in [0.2, 0.25) is 0 Å². The van der Waals surface area contributed by atoms with Crippen molar-refractivity contribution >= 4 is 5.91 Å². The molecule has 2 N–H and O–H groups in total. The van der Waals surface area contributed by atoms with Crippen LogP contribution in [0.3, 0.4) is 0 Å². The van der Waals surface area contributed by atoms with Crippen LogP contribution in [0.2, 0.25) is 0 Å². The van der Waals surface area contributed by atoms with Crippen molar-refractivity contribution in [3.05, 3.63) is 30.1 Å². The Hall–Kier alpha value is -1.46. The van der Waals surface area contributed by atoms with Crippen LogP contribution in [-0.4, -0.2) is 52.7 Å². The van der Waals surface area contributed by atoms with E-state index in [-0.39, 0.29) is 24.5 Å². The molecular weight excluding hydrogens is 254 g/mol. The van der Waals surface area contributed by atoms with Gasteiger partial charge in [0.1, 0.15) is 0 Å². The summed E-state index contributed by atoms with van der Waals surface area (Å²) in [5.41, 5.74) is 0.624. The number of hydrogen-bond donors (Lipinski definition) is 2. The highest BCUT2D eigenvalue weighted by atomic mass is 16.3. The highest BCUT2D eigenvalue weighted by Gasteiger charge is 2.38. The van der Waals surface area contributed by atoms with Crippen molar-refractivity contribution in [1.29, 1.82) is 0 Å². The summed E-state index contributed by atoms with van der Waals surface area (Å²) >= 11 is 0. The molecule has 2 heterocycles. The van der Waals surface area contributed by atoms with E-state index in [0.29, 0.717) is 11.6 Å². The minimum atomic E-state index is -0.0775. The van der Waals surface area contributed by atoms with Crippen LogP contribution in [-0.2, 0) is 0 Å². The highest BCUT2D eigenvalue weighted by molar-refractivity contribution is 5.94. The molecular formula is C15H21N3O2. The standard InChI is InChI=1S/C15H21N3O2/c19-10-12-8-18(13-2-1-3-13)9-14(12)17-15(20)11-4-6-16-7-5-11/h4-7,12-14,19H,1-3,8-10H2,(H,17,20)/t12-,14+/m0/s1. The Bertz CT molecular complexity index is 461. The van der Waals surface area contributed by atoms with E-state index in [1.165, 1.54) is 19.3 Å². The maximum absolute atomic E-state index is 12.2. The number of carbonyl (C=O) groups is 1. The van der Waals surface area contributed by atoms with Crippen LogP contribution in [0.1, 0.15) is 29.6 Å². The lowest BCUT2D eigenvalue weighted by atomic mass is 9.92. The molecule has 108 valence electrons. The Morgan fingerprint density at radius 1 is 1.35 bits per heavy atom. The number of aliphatic hydroxyl groups is 1. The number of likely N-dealkylation sites (tertiary alicyclic amines) is 1. The molecule has 0 spiro atoms. The van der Waals surface area contributed by atoms with Crippen LogP contribution >= 0.6 is 0 Å². The van der Waals surface area contributed by atoms with Gasteiger partial charge in [-0.3, -0.25) is 14.7 Å². The van der Waals surface area contributed by atoms with E-state index in [1.54, 1.807) is 24.5 Å². The minimum Gasteiger partial charge on any atom is -0.396 e. The highest BCUT2D eigenvalue weighted by Crippen LogP contribution is 2.29. The molecule has 2 aliphatic rings. The molecule has 1 amide bonds. The number of amides is 1. The quantitative estimate of drug-likeness (QED) is 0.847. The molecule has 5 nitrogen and oxygen atoms in total. The molecule has 1 saturated carbocycles. The van der Waals surface area contributed by atoms with Crippen LogP contribution in [0, 0.1) is 5.92 Å².